The molecular weight excluding hydrogens is 357 g/mol. The average Bonchev–Trinajstić information content (AvgIpc) is 2.74. The molecular formula is C22H26FN3O2. The van der Waals surface area contributed by atoms with Crippen molar-refractivity contribution in [1.82, 2.24) is 9.80 Å². The van der Waals surface area contributed by atoms with Crippen molar-refractivity contribution in [2.45, 2.75) is 13.8 Å². The number of rotatable bonds is 5. The van der Waals surface area contributed by atoms with E-state index in [4.69, 9.17) is 0 Å². The summed E-state index contributed by atoms with van der Waals surface area (Å²) in [6.45, 7) is 7.31. The molecule has 0 unspecified atom stereocenters. The number of halogens is 1. The molecule has 1 saturated heterocycles. The van der Waals surface area contributed by atoms with Crippen molar-refractivity contribution in [3.63, 3.8) is 0 Å². The molecule has 1 heterocycles. The van der Waals surface area contributed by atoms with Gasteiger partial charge in [0.2, 0.25) is 0 Å². The van der Waals surface area contributed by atoms with Crippen LogP contribution in [0.1, 0.15) is 34.6 Å². The number of benzene rings is 2. The largest absolute Gasteiger partial charge is 0.366 e. The van der Waals surface area contributed by atoms with Crippen LogP contribution in [0.2, 0.25) is 0 Å². The summed E-state index contributed by atoms with van der Waals surface area (Å²) in [6, 6.07) is 13.6. The molecule has 6 heteroatoms. The molecule has 1 aliphatic heterocycles. The lowest BCUT2D eigenvalue weighted by Gasteiger charge is -2.36. The lowest BCUT2D eigenvalue weighted by atomic mass is 10.1. The number of carbonyl (C=O) groups is 2. The molecule has 2 amide bonds. The Morgan fingerprint density at radius 2 is 1.57 bits per heavy atom. The molecule has 0 aliphatic carbocycles. The minimum atomic E-state index is -0.245. The predicted octanol–water partition coefficient (Wildman–Crippen LogP) is 3.27. The summed E-state index contributed by atoms with van der Waals surface area (Å²) in [5.74, 6) is -0.406. The summed E-state index contributed by atoms with van der Waals surface area (Å²) < 4.78 is 14.0. The number of carbonyl (C=O) groups excluding carboxylic acids is 2. The van der Waals surface area contributed by atoms with Gasteiger partial charge in [0.15, 0.2) is 0 Å². The van der Waals surface area contributed by atoms with Crippen LogP contribution >= 0.6 is 0 Å². The second kappa shape index (κ2) is 8.87. The molecule has 0 saturated carbocycles. The fourth-order valence-corrected chi connectivity index (χ4v) is 3.52. The molecule has 3 rings (SSSR count). The maximum atomic E-state index is 14.0. The first-order valence-corrected chi connectivity index (χ1v) is 9.73. The molecule has 0 spiro atoms. The Kier molecular flexibility index (Phi) is 6.29. The van der Waals surface area contributed by atoms with Gasteiger partial charge in [-0.05, 0) is 44.2 Å². The van der Waals surface area contributed by atoms with E-state index >= 15 is 0 Å². The van der Waals surface area contributed by atoms with Crippen LogP contribution in [0.4, 0.5) is 10.1 Å². The fourth-order valence-electron chi connectivity index (χ4n) is 3.52. The number of para-hydroxylation sites is 1. The summed E-state index contributed by atoms with van der Waals surface area (Å²) in [5, 5.41) is 0. The van der Waals surface area contributed by atoms with Gasteiger partial charge in [-0.3, -0.25) is 9.59 Å². The molecule has 0 aromatic heterocycles. The molecule has 5 nitrogen and oxygen atoms in total. The topological polar surface area (TPSA) is 43.9 Å². The zero-order chi connectivity index (χ0) is 20.1. The van der Waals surface area contributed by atoms with Crippen molar-refractivity contribution in [1.29, 1.82) is 0 Å². The number of hydrogen-bond donors (Lipinski definition) is 0. The molecule has 148 valence electrons. The summed E-state index contributed by atoms with van der Waals surface area (Å²) in [4.78, 5) is 30.9. The van der Waals surface area contributed by atoms with E-state index in [0.717, 1.165) is 0 Å². The first-order valence-electron chi connectivity index (χ1n) is 9.73. The smallest absolute Gasteiger partial charge is 0.253 e. The van der Waals surface area contributed by atoms with E-state index in [1.807, 2.05) is 24.8 Å². The lowest BCUT2D eigenvalue weighted by Crippen LogP contribution is -2.49. The zero-order valence-corrected chi connectivity index (χ0v) is 16.4. The predicted molar refractivity (Wildman–Crippen MR) is 108 cm³/mol. The number of piperazine rings is 1. The Balaban J connectivity index is 1.68. The highest BCUT2D eigenvalue weighted by molar-refractivity contribution is 5.99. The number of amides is 2. The number of anilines is 1. The van der Waals surface area contributed by atoms with Crippen molar-refractivity contribution in [3.8, 4) is 0 Å². The molecule has 0 radical (unpaired) electrons. The van der Waals surface area contributed by atoms with Crippen LogP contribution in [-0.2, 0) is 0 Å². The lowest BCUT2D eigenvalue weighted by molar-refractivity contribution is 0.0746. The van der Waals surface area contributed by atoms with Gasteiger partial charge >= 0.3 is 0 Å². The summed E-state index contributed by atoms with van der Waals surface area (Å²) in [6.07, 6.45) is 0. The van der Waals surface area contributed by atoms with Crippen LogP contribution in [0.3, 0.4) is 0 Å². The van der Waals surface area contributed by atoms with E-state index in [1.165, 1.54) is 6.07 Å². The highest BCUT2D eigenvalue weighted by Gasteiger charge is 2.24. The van der Waals surface area contributed by atoms with E-state index < -0.39 is 0 Å². The SMILES string of the molecule is CCN(CC)C(=O)c1cccc(C(=O)N2CCN(c3ccccc3F)CC2)c1. The van der Waals surface area contributed by atoms with E-state index in [2.05, 4.69) is 0 Å². The van der Waals surface area contributed by atoms with E-state index in [0.29, 0.717) is 56.1 Å². The van der Waals surface area contributed by atoms with Crippen LogP contribution in [-0.4, -0.2) is 60.9 Å². The molecule has 0 N–H and O–H groups in total. The summed E-state index contributed by atoms with van der Waals surface area (Å²) >= 11 is 0. The van der Waals surface area contributed by atoms with Gasteiger partial charge in [-0.2, -0.15) is 0 Å². The fraction of sp³-hybridized carbons (Fsp3) is 0.364. The third-order valence-corrected chi connectivity index (χ3v) is 5.17. The molecule has 1 aliphatic rings. The number of hydrogen-bond acceptors (Lipinski definition) is 3. The molecule has 2 aromatic carbocycles. The molecule has 0 bridgehead atoms. The van der Waals surface area contributed by atoms with Gasteiger partial charge in [0.1, 0.15) is 5.82 Å². The van der Waals surface area contributed by atoms with Gasteiger partial charge in [0.05, 0.1) is 5.69 Å². The summed E-state index contributed by atoms with van der Waals surface area (Å²) in [7, 11) is 0. The van der Waals surface area contributed by atoms with Gasteiger partial charge < -0.3 is 14.7 Å². The minimum absolute atomic E-state index is 0.0657. The minimum Gasteiger partial charge on any atom is -0.366 e. The quantitative estimate of drug-likeness (QED) is 0.796. The normalized spacial score (nSPS) is 14.1. The van der Waals surface area contributed by atoms with Crippen molar-refractivity contribution in [3.05, 3.63) is 65.5 Å². The third kappa shape index (κ3) is 4.16. The van der Waals surface area contributed by atoms with Crippen molar-refractivity contribution < 1.29 is 14.0 Å². The molecule has 0 atom stereocenters. The molecule has 2 aromatic rings. The third-order valence-electron chi connectivity index (χ3n) is 5.17. The van der Waals surface area contributed by atoms with E-state index in [9.17, 15) is 14.0 Å². The van der Waals surface area contributed by atoms with E-state index in [1.54, 1.807) is 46.2 Å². The van der Waals surface area contributed by atoms with Gasteiger partial charge in [-0.15, -0.1) is 0 Å². The van der Waals surface area contributed by atoms with Crippen molar-refractivity contribution >= 4 is 17.5 Å². The monoisotopic (exact) mass is 383 g/mol. The van der Waals surface area contributed by atoms with Crippen molar-refractivity contribution in [2.24, 2.45) is 0 Å². The second-order valence-electron chi connectivity index (χ2n) is 6.79. The Morgan fingerprint density at radius 3 is 2.21 bits per heavy atom. The van der Waals surface area contributed by atoms with Crippen molar-refractivity contribution in [2.75, 3.05) is 44.2 Å². The van der Waals surface area contributed by atoms with Gasteiger partial charge in [-0.1, -0.05) is 18.2 Å². The van der Waals surface area contributed by atoms with Crippen LogP contribution in [0.15, 0.2) is 48.5 Å². The van der Waals surface area contributed by atoms with Gasteiger partial charge in [-0.25, -0.2) is 4.39 Å². The standard InChI is InChI=1S/C22H26FN3O2/c1-3-24(4-2)21(27)17-8-7-9-18(16-17)22(28)26-14-12-25(13-15-26)20-11-6-5-10-19(20)23/h5-11,16H,3-4,12-15H2,1-2H3. The van der Waals surface area contributed by atoms with Crippen LogP contribution in [0, 0.1) is 5.82 Å². The zero-order valence-electron chi connectivity index (χ0n) is 16.4. The molecule has 28 heavy (non-hydrogen) atoms. The van der Waals surface area contributed by atoms with E-state index in [-0.39, 0.29) is 17.6 Å². The number of nitrogens with zero attached hydrogens (tertiary/aromatic N) is 3. The Labute approximate surface area is 165 Å². The Bertz CT molecular complexity index is 843. The van der Waals surface area contributed by atoms with Crippen LogP contribution < -0.4 is 4.90 Å². The Hall–Kier alpha value is -2.89. The first kappa shape index (κ1) is 19.9. The summed E-state index contributed by atoms with van der Waals surface area (Å²) in [5.41, 5.74) is 1.61. The molecule has 1 fully saturated rings. The van der Waals surface area contributed by atoms with Gasteiger partial charge in [0, 0.05) is 50.4 Å². The highest BCUT2D eigenvalue weighted by atomic mass is 19.1. The Morgan fingerprint density at radius 1 is 0.929 bits per heavy atom. The first-order chi connectivity index (χ1) is 13.5. The van der Waals surface area contributed by atoms with Crippen LogP contribution in [0.5, 0.6) is 0 Å². The maximum Gasteiger partial charge on any atom is 0.253 e. The maximum absolute atomic E-state index is 14.0. The second-order valence-corrected chi connectivity index (χ2v) is 6.79. The average molecular weight is 383 g/mol. The van der Waals surface area contributed by atoms with Gasteiger partial charge in [0.25, 0.3) is 11.8 Å². The highest BCUT2D eigenvalue weighted by Crippen LogP contribution is 2.21. The van der Waals surface area contributed by atoms with Crippen LogP contribution in [0.25, 0.3) is 0 Å².